The number of aliphatic hydroxyl groups is 1. The number of nitrogen functional groups attached to an aromatic ring is 1. The number of hydrogen-bond donors (Lipinski definition) is 3. The molecule has 3 aromatic heterocycles. The SMILES string of the molecule is CCOc1nn(CCO)c2c1/C=C/c1n[nH]c3ccc(cc13)-c1c(N)nn(C)c1O[C@@H](C)CN(CC)C2. The number of nitrogens with one attached hydrogen (secondary N) is 1. The quantitative estimate of drug-likeness (QED) is 0.376. The Morgan fingerprint density at radius 2 is 2.08 bits per heavy atom. The molecule has 11 nitrogen and oxygen atoms in total. The molecule has 0 spiro atoms. The summed E-state index contributed by atoms with van der Waals surface area (Å²) in [6, 6.07) is 6.04. The van der Waals surface area contributed by atoms with Crippen LogP contribution in [-0.2, 0) is 20.1 Å². The van der Waals surface area contributed by atoms with Crippen LogP contribution < -0.4 is 15.2 Å². The van der Waals surface area contributed by atoms with Crippen molar-refractivity contribution in [3.05, 3.63) is 35.2 Å². The van der Waals surface area contributed by atoms with Crippen LogP contribution in [0.4, 0.5) is 5.82 Å². The highest BCUT2D eigenvalue weighted by Gasteiger charge is 2.24. The maximum absolute atomic E-state index is 9.72. The first-order valence-corrected chi connectivity index (χ1v) is 12.6. The minimum Gasteiger partial charge on any atom is -0.476 e. The molecule has 11 heteroatoms. The molecule has 1 aliphatic heterocycles. The molecule has 0 saturated heterocycles. The lowest BCUT2D eigenvalue weighted by Gasteiger charge is -2.25. The normalized spacial score (nSPS) is 17.2. The Kier molecular flexibility index (Phi) is 6.90. The fourth-order valence-electron chi connectivity index (χ4n) is 4.87. The molecule has 0 amide bonds. The van der Waals surface area contributed by atoms with Gasteiger partial charge in [-0.25, -0.2) is 4.68 Å². The van der Waals surface area contributed by atoms with Crippen LogP contribution in [0.25, 0.3) is 34.2 Å². The van der Waals surface area contributed by atoms with Gasteiger partial charge in [0.2, 0.25) is 11.8 Å². The number of ether oxygens (including phenoxy) is 2. The molecule has 2 bridgehead atoms. The monoisotopic (exact) mass is 506 g/mol. The van der Waals surface area contributed by atoms with E-state index in [2.05, 4.69) is 38.3 Å². The lowest BCUT2D eigenvalue weighted by Crippen LogP contribution is -2.34. The zero-order chi connectivity index (χ0) is 26.1. The van der Waals surface area contributed by atoms with Crippen LogP contribution in [0.1, 0.15) is 37.7 Å². The Morgan fingerprint density at radius 3 is 2.84 bits per heavy atom. The molecule has 4 heterocycles. The number of rotatable bonds is 5. The van der Waals surface area contributed by atoms with E-state index in [9.17, 15) is 5.11 Å². The van der Waals surface area contributed by atoms with Gasteiger partial charge in [-0.2, -0.15) is 10.2 Å². The molecule has 196 valence electrons. The van der Waals surface area contributed by atoms with Crippen LogP contribution in [0.3, 0.4) is 0 Å². The van der Waals surface area contributed by atoms with Crippen LogP contribution in [0, 0.1) is 0 Å². The molecule has 4 N–H and O–H groups in total. The zero-order valence-electron chi connectivity index (χ0n) is 21.7. The average molecular weight is 507 g/mol. The molecule has 1 atom stereocenters. The summed E-state index contributed by atoms with van der Waals surface area (Å²) in [5, 5.41) is 27.5. The van der Waals surface area contributed by atoms with Crippen molar-refractivity contribution in [3.8, 4) is 22.9 Å². The number of anilines is 1. The summed E-state index contributed by atoms with van der Waals surface area (Å²) >= 11 is 0. The standard InChI is InChI=1S/C26H34N8O3/c1-5-33-14-16(3)37-26-23(24(27)30-32(26)4)17-7-9-20-19(13-17)21(29-28-20)10-8-18-22(15-33)34(11-12-35)31-25(18)36-6-2/h7-10,13,16,35H,5-6,11-12,14-15H2,1-4H3,(H2,27,30)(H,28,29)/b10-8+/t16-/m0/s1. The van der Waals surface area contributed by atoms with Crippen molar-refractivity contribution >= 4 is 28.9 Å². The van der Waals surface area contributed by atoms with E-state index in [1.54, 1.807) is 4.68 Å². The van der Waals surface area contributed by atoms with E-state index in [0.29, 0.717) is 43.8 Å². The van der Waals surface area contributed by atoms with E-state index in [0.717, 1.165) is 45.5 Å². The van der Waals surface area contributed by atoms with E-state index in [1.165, 1.54) is 0 Å². The summed E-state index contributed by atoms with van der Waals surface area (Å²) in [7, 11) is 1.84. The number of nitrogens with zero attached hydrogens (tertiary/aromatic N) is 6. The van der Waals surface area contributed by atoms with Crippen molar-refractivity contribution in [1.29, 1.82) is 0 Å². The first-order valence-electron chi connectivity index (χ1n) is 12.6. The molecule has 37 heavy (non-hydrogen) atoms. The van der Waals surface area contributed by atoms with Gasteiger partial charge in [0.25, 0.3) is 0 Å². The Balaban J connectivity index is 1.71. The Labute approximate surface area is 215 Å². The van der Waals surface area contributed by atoms with Crippen molar-refractivity contribution in [2.24, 2.45) is 7.05 Å². The highest BCUT2D eigenvalue weighted by molar-refractivity contribution is 5.94. The van der Waals surface area contributed by atoms with Gasteiger partial charge in [-0.1, -0.05) is 13.0 Å². The molecular formula is C26H34N8O3. The third kappa shape index (κ3) is 4.67. The topological polar surface area (TPSA) is 132 Å². The van der Waals surface area contributed by atoms with Gasteiger partial charge in [-0.15, -0.1) is 5.10 Å². The number of hydrogen-bond acceptors (Lipinski definition) is 8. The number of aryl methyl sites for hydroxylation is 1. The van der Waals surface area contributed by atoms with E-state index in [4.69, 9.17) is 15.2 Å². The molecule has 0 saturated carbocycles. The van der Waals surface area contributed by atoms with Crippen molar-refractivity contribution in [1.82, 2.24) is 34.7 Å². The number of aliphatic hydroxyl groups excluding tert-OH is 1. The average Bonchev–Trinajstić information content (AvgIpc) is 3.50. The van der Waals surface area contributed by atoms with Gasteiger partial charge in [-0.3, -0.25) is 14.7 Å². The smallest absolute Gasteiger partial charge is 0.240 e. The number of benzene rings is 1. The van der Waals surface area contributed by atoms with Gasteiger partial charge in [0, 0.05) is 25.5 Å². The summed E-state index contributed by atoms with van der Waals surface area (Å²) in [4.78, 5) is 2.29. The van der Waals surface area contributed by atoms with Gasteiger partial charge >= 0.3 is 0 Å². The Morgan fingerprint density at radius 1 is 1.24 bits per heavy atom. The fraction of sp³-hybridized carbons (Fsp3) is 0.423. The molecule has 0 radical (unpaired) electrons. The highest BCUT2D eigenvalue weighted by atomic mass is 16.5. The van der Waals surface area contributed by atoms with Crippen molar-refractivity contribution in [2.45, 2.75) is 40.0 Å². The van der Waals surface area contributed by atoms with E-state index < -0.39 is 0 Å². The zero-order valence-corrected chi connectivity index (χ0v) is 21.7. The number of H-pyrrole nitrogens is 1. The van der Waals surface area contributed by atoms with Crippen LogP contribution >= 0.6 is 0 Å². The first kappa shape index (κ1) is 24.8. The number of aromatic nitrogens is 6. The summed E-state index contributed by atoms with van der Waals surface area (Å²) in [5.41, 5.74) is 11.6. The van der Waals surface area contributed by atoms with Crippen molar-refractivity contribution in [2.75, 3.05) is 32.0 Å². The minimum absolute atomic E-state index is 0.0213. The Bertz CT molecular complexity index is 1430. The number of likely N-dealkylation sites (N-methyl/N-ethyl adjacent to an activating group) is 1. The molecule has 1 aliphatic rings. The maximum atomic E-state index is 9.72. The molecular weight excluding hydrogens is 472 g/mol. The molecule has 0 unspecified atom stereocenters. The second-order valence-electron chi connectivity index (χ2n) is 9.19. The second-order valence-corrected chi connectivity index (χ2v) is 9.19. The van der Waals surface area contributed by atoms with Gasteiger partial charge in [0.15, 0.2) is 5.82 Å². The van der Waals surface area contributed by atoms with Gasteiger partial charge < -0.3 is 20.3 Å². The van der Waals surface area contributed by atoms with Crippen LogP contribution in [-0.4, -0.2) is 72.2 Å². The third-order valence-corrected chi connectivity index (χ3v) is 6.62. The molecule has 1 aromatic carbocycles. The fourth-order valence-corrected chi connectivity index (χ4v) is 4.87. The molecule has 0 aliphatic carbocycles. The van der Waals surface area contributed by atoms with Crippen LogP contribution in [0.15, 0.2) is 18.2 Å². The lowest BCUT2D eigenvalue weighted by molar-refractivity contribution is 0.133. The summed E-state index contributed by atoms with van der Waals surface area (Å²) < 4.78 is 15.9. The van der Waals surface area contributed by atoms with E-state index in [-0.39, 0.29) is 12.7 Å². The predicted molar refractivity (Wildman–Crippen MR) is 143 cm³/mol. The van der Waals surface area contributed by atoms with Crippen molar-refractivity contribution in [3.63, 3.8) is 0 Å². The number of aromatic amines is 1. The Hall–Kier alpha value is -3.83. The summed E-state index contributed by atoms with van der Waals surface area (Å²) in [6.07, 6.45) is 3.82. The summed E-state index contributed by atoms with van der Waals surface area (Å²) in [5.74, 6) is 1.58. The lowest BCUT2D eigenvalue weighted by atomic mass is 10.0. The summed E-state index contributed by atoms with van der Waals surface area (Å²) in [6.45, 7) is 9.01. The van der Waals surface area contributed by atoms with Gasteiger partial charge in [0.05, 0.1) is 47.8 Å². The first-order chi connectivity index (χ1) is 17.9. The van der Waals surface area contributed by atoms with E-state index in [1.807, 2.05) is 49.9 Å². The molecule has 5 rings (SSSR count). The van der Waals surface area contributed by atoms with Crippen molar-refractivity contribution < 1.29 is 14.6 Å². The third-order valence-electron chi connectivity index (χ3n) is 6.62. The highest BCUT2D eigenvalue weighted by Crippen LogP contribution is 2.38. The van der Waals surface area contributed by atoms with Crippen LogP contribution in [0.2, 0.25) is 0 Å². The maximum Gasteiger partial charge on any atom is 0.240 e. The minimum atomic E-state index is -0.147. The molecule has 0 fully saturated rings. The van der Waals surface area contributed by atoms with Gasteiger partial charge in [0.1, 0.15) is 6.10 Å². The largest absolute Gasteiger partial charge is 0.476 e. The van der Waals surface area contributed by atoms with Gasteiger partial charge in [-0.05, 0) is 50.2 Å². The second kappa shape index (κ2) is 10.3. The van der Waals surface area contributed by atoms with E-state index >= 15 is 0 Å². The number of fused-ring (bicyclic) bond motifs is 4. The molecule has 4 aromatic rings. The number of nitrogens with two attached hydrogens (primary N) is 1. The van der Waals surface area contributed by atoms with Crippen LogP contribution in [0.5, 0.6) is 11.8 Å². The predicted octanol–water partition coefficient (Wildman–Crippen LogP) is 2.91.